The number of carbonyl (C=O) groups excluding carboxylic acids is 1. The second-order valence-corrected chi connectivity index (χ2v) is 9.47. The average molecular weight is 512 g/mol. The van der Waals surface area contributed by atoms with Crippen LogP contribution in [0.2, 0.25) is 0 Å². The van der Waals surface area contributed by atoms with Crippen molar-refractivity contribution >= 4 is 51.4 Å². The molecule has 1 heterocycles. The van der Waals surface area contributed by atoms with Crippen LogP contribution in [0.15, 0.2) is 29.3 Å². The first-order chi connectivity index (χ1) is 12.1. The molecule has 2 rings (SSSR count). The van der Waals surface area contributed by atoms with Gasteiger partial charge in [-0.25, -0.2) is 17.8 Å². The molecular formula is C17H26FIN4O3S. The van der Waals surface area contributed by atoms with Crippen LogP contribution in [-0.4, -0.2) is 61.9 Å². The minimum absolute atomic E-state index is 0. The Balaban J connectivity index is 0.00000364. The normalized spacial score (nSPS) is 18.4. The van der Waals surface area contributed by atoms with Gasteiger partial charge in [0.2, 0.25) is 5.91 Å². The van der Waals surface area contributed by atoms with Crippen LogP contribution in [0.25, 0.3) is 0 Å². The molecule has 7 nitrogen and oxygen atoms in total. The molecule has 0 unspecified atom stereocenters. The van der Waals surface area contributed by atoms with Crippen molar-refractivity contribution in [2.24, 2.45) is 4.99 Å². The van der Waals surface area contributed by atoms with E-state index in [2.05, 4.69) is 15.6 Å². The van der Waals surface area contributed by atoms with Gasteiger partial charge in [-0.3, -0.25) is 4.79 Å². The highest BCUT2D eigenvalue weighted by Gasteiger charge is 2.40. The molecule has 1 aliphatic rings. The van der Waals surface area contributed by atoms with Gasteiger partial charge >= 0.3 is 0 Å². The third-order valence-electron chi connectivity index (χ3n) is 4.18. The minimum atomic E-state index is -3.15. The highest BCUT2D eigenvalue weighted by molar-refractivity contribution is 14.0. The standard InChI is InChI=1S/C17H25FN4O3S.HI/c1-4-19-16(22-9-10-26(24,25)17(2,3)12-22)20-11-15(23)21-14-7-5-13(18)6-8-14;/h5-8H,4,9-12H2,1-3H3,(H,19,20)(H,21,23);1H. The van der Waals surface area contributed by atoms with Crippen LogP contribution in [0.4, 0.5) is 10.1 Å². The van der Waals surface area contributed by atoms with Crippen LogP contribution in [0.3, 0.4) is 0 Å². The summed E-state index contributed by atoms with van der Waals surface area (Å²) < 4.78 is 36.3. The van der Waals surface area contributed by atoms with Crippen molar-refractivity contribution in [3.8, 4) is 0 Å². The molecule has 10 heteroatoms. The van der Waals surface area contributed by atoms with E-state index in [4.69, 9.17) is 0 Å². The second kappa shape index (κ2) is 9.67. The van der Waals surface area contributed by atoms with E-state index in [1.54, 1.807) is 13.8 Å². The number of anilines is 1. The topological polar surface area (TPSA) is 90.9 Å². The van der Waals surface area contributed by atoms with Crippen LogP contribution < -0.4 is 10.6 Å². The molecule has 0 bridgehead atoms. The molecule has 0 aromatic heterocycles. The summed E-state index contributed by atoms with van der Waals surface area (Å²) in [5.41, 5.74) is 0.488. The first-order valence-electron chi connectivity index (χ1n) is 8.45. The lowest BCUT2D eigenvalue weighted by Crippen LogP contribution is -2.57. The Bertz CT molecular complexity index is 782. The molecule has 1 aliphatic heterocycles. The van der Waals surface area contributed by atoms with Crippen LogP contribution in [0, 0.1) is 5.82 Å². The van der Waals surface area contributed by atoms with Gasteiger partial charge in [0.05, 0.1) is 10.5 Å². The number of carbonyl (C=O) groups is 1. The molecule has 0 saturated carbocycles. The number of rotatable bonds is 4. The monoisotopic (exact) mass is 512 g/mol. The first kappa shape index (κ1) is 23.6. The molecule has 2 N–H and O–H groups in total. The summed E-state index contributed by atoms with van der Waals surface area (Å²) in [5, 5.41) is 5.74. The third-order valence-corrected chi connectivity index (χ3v) is 6.71. The Morgan fingerprint density at radius 1 is 1.30 bits per heavy atom. The Hall–Kier alpha value is -1.43. The van der Waals surface area contributed by atoms with E-state index in [0.29, 0.717) is 31.3 Å². The van der Waals surface area contributed by atoms with Crippen LogP contribution in [0.1, 0.15) is 20.8 Å². The van der Waals surface area contributed by atoms with Gasteiger partial charge < -0.3 is 15.5 Å². The van der Waals surface area contributed by atoms with E-state index >= 15 is 0 Å². The minimum Gasteiger partial charge on any atom is -0.357 e. The van der Waals surface area contributed by atoms with E-state index in [1.165, 1.54) is 24.3 Å². The molecule has 1 aromatic rings. The zero-order chi connectivity index (χ0) is 19.4. The van der Waals surface area contributed by atoms with Gasteiger partial charge in [0, 0.05) is 25.3 Å². The number of hydrogen-bond acceptors (Lipinski definition) is 4. The van der Waals surface area contributed by atoms with Crippen molar-refractivity contribution in [2.75, 3.05) is 37.2 Å². The zero-order valence-corrected chi connectivity index (χ0v) is 18.8. The Morgan fingerprint density at radius 3 is 2.48 bits per heavy atom. The molecule has 152 valence electrons. The van der Waals surface area contributed by atoms with E-state index in [1.807, 2.05) is 11.8 Å². The number of guanidine groups is 1. The van der Waals surface area contributed by atoms with Crippen molar-refractivity contribution in [1.82, 2.24) is 10.2 Å². The average Bonchev–Trinajstić information content (AvgIpc) is 2.56. The predicted molar refractivity (Wildman–Crippen MR) is 116 cm³/mol. The number of amides is 1. The summed E-state index contributed by atoms with van der Waals surface area (Å²) in [6.07, 6.45) is 0. The summed E-state index contributed by atoms with van der Waals surface area (Å²) in [7, 11) is -3.15. The number of nitrogens with zero attached hydrogens (tertiary/aromatic N) is 2. The number of nitrogens with one attached hydrogen (secondary N) is 2. The largest absolute Gasteiger partial charge is 0.357 e. The van der Waals surface area contributed by atoms with Gasteiger partial charge in [0.1, 0.15) is 12.4 Å². The smallest absolute Gasteiger partial charge is 0.246 e. The molecule has 27 heavy (non-hydrogen) atoms. The van der Waals surface area contributed by atoms with Crippen molar-refractivity contribution in [1.29, 1.82) is 0 Å². The fourth-order valence-corrected chi connectivity index (χ4v) is 4.00. The van der Waals surface area contributed by atoms with Gasteiger partial charge in [-0.15, -0.1) is 24.0 Å². The van der Waals surface area contributed by atoms with Gasteiger partial charge in [0.25, 0.3) is 0 Å². The Kier molecular flexibility index (Phi) is 8.46. The van der Waals surface area contributed by atoms with Crippen LogP contribution in [-0.2, 0) is 14.6 Å². The molecule has 1 saturated heterocycles. The molecule has 1 amide bonds. The van der Waals surface area contributed by atoms with E-state index in [-0.39, 0.29) is 48.0 Å². The predicted octanol–water partition coefficient (Wildman–Crippen LogP) is 1.86. The summed E-state index contributed by atoms with van der Waals surface area (Å²) in [4.78, 5) is 18.2. The Morgan fingerprint density at radius 2 is 1.93 bits per heavy atom. The van der Waals surface area contributed by atoms with E-state index in [0.717, 1.165) is 0 Å². The lowest BCUT2D eigenvalue weighted by atomic mass is 10.2. The van der Waals surface area contributed by atoms with Gasteiger partial charge in [0.15, 0.2) is 15.8 Å². The lowest BCUT2D eigenvalue weighted by Gasteiger charge is -2.39. The van der Waals surface area contributed by atoms with Crippen molar-refractivity contribution < 1.29 is 17.6 Å². The number of sulfone groups is 1. The quantitative estimate of drug-likeness (QED) is 0.365. The molecule has 1 aromatic carbocycles. The van der Waals surface area contributed by atoms with E-state index in [9.17, 15) is 17.6 Å². The van der Waals surface area contributed by atoms with Gasteiger partial charge in [-0.1, -0.05) is 0 Å². The van der Waals surface area contributed by atoms with Crippen molar-refractivity contribution in [2.45, 2.75) is 25.5 Å². The second-order valence-electron chi connectivity index (χ2n) is 6.73. The Labute approximate surface area is 176 Å². The highest BCUT2D eigenvalue weighted by Crippen LogP contribution is 2.23. The summed E-state index contributed by atoms with van der Waals surface area (Å²) >= 11 is 0. The van der Waals surface area contributed by atoms with Crippen molar-refractivity contribution in [3.63, 3.8) is 0 Å². The summed E-state index contributed by atoms with van der Waals surface area (Å²) in [5.74, 6) is -0.162. The molecule has 0 aliphatic carbocycles. The van der Waals surface area contributed by atoms with Gasteiger partial charge in [-0.05, 0) is 45.0 Å². The third kappa shape index (κ3) is 6.30. The van der Waals surface area contributed by atoms with Crippen LogP contribution >= 0.6 is 24.0 Å². The SMILES string of the molecule is CCNC(=NCC(=O)Nc1ccc(F)cc1)N1CCS(=O)(=O)C(C)(C)C1.I. The molecular weight excluding hydrogens is 486 g/mol. The highest BCUT2D eigenvalue weighted by atomic mass is 127. The first-order valence-corrected chi connectivity index (χ1v) is 10.1. The number of benzene rings is 1. The summed E-state index contributed by atoms with van der Waals surface area (Å²) in [6, 6.07) is 5.47. The fraction of sp³-hybridized carbons (Fsp3) is 0.529. The van der Waals surface area contributed by atoms with Crippen LogP contribution in [0.5, 0.6) is 0 Å². The molecule has 0 atom stereocenters. The maximum atomic E-state index is 12.9. The van der Waals surface area contributed by atoms with Gasteiger partial charge in [-0.2, -0.15) is 0 Å². The maximum Gasteiger partial charge on any atom is 0.246 e. The number of hydrogen-bond donors (Lipinski definition) is 2. The lowest BCUT2D eigenvalue weighted by molar-refractivity contribution is -0.114. The fourth-order valence-electron chi connectivity index (χ4n) is 2.63. The summed E-state index contributed by atoms with van der Waals surface area (Å²) in [6.45, 7) is 6.40. The zero-order valence-electron chi connectivity index (χ0n) is 15.7. The maximum absolute atomic E-state index is 12.9. The molecule has 0 radical (unpaired) electrons. The van der Waals surface area contributed by atoms with Crippen molar-refractivity contribution in [3.05, 3.63) is 30.1 Å². The molecule has 0 spiro atoms. The number of halogens is 2. The van der Waals surface area contributed by atoms with E-state index < -0.39 is 14.6 Å². The molecule has 1 fully saturated rings. The number of aliphatic imine (C=N–C) groups is 1.